The van der Waals surface area contributed by atoms with Gasteiger partial charge in [0.15, 0.2) is 9.76 Å². The van der Waals surface area contributed by atoms with Crippen LogP contribution in [0.3, 0.4) is 0 Å². The molecule has 0 aliphatic carbocycles. The maximum absolute atomic E-state index is 11.1. The van der Waals surface area contributed by atoms with E-state index in [1.807, 2.05) is 13.8 Å². The maximum atomic E-state index is 11.1. The molecule has 76 valence electrons. The quantitative estimate of drug-likeness (QED) is 0.268. The third kappa shape index (κ3) is 6.54. The zero-order valence-electron chi connectivity index (χ0n) is 8.47. The summed E-state index contributed by atoms with van der Waals surface area (Å²) in [5.41, 5.74) is 0.550. The van der Waals surface area contributed by atoms with Crippen LogP contribution in [0.5, 0.6) is 0 Å². The van der Waals surface area contributed by atoms with Crippen molar-refractivity contribution < 1.29 is 14.0 Å². The van der Waals surface area contributed by atoms with Gasteiger partial charge in [0.05, 0.1) is 6.61 Å². The minimum absolute atomic E-state index is 0.269. The molecule has 0 unspecified atom stereocenters. The number of hydrogen-bond acceptors (Lipinski definition) is 3. The average molecular weight is 202 g/mol. The summed E-state index contributed by atoms with van der Waals surface area (Å²) in [5.74, 6) is -0.269. The molecule has 0 heterocycles. The third-order valence-corrected chi connectivity index (χ3v) is 2.98. The van der Waals surface area contributed by atoms with E-state index in [0.717, 1.165) is 13.0 Å². The Morgan fingerprint density at radius 1 is 1.46 bits per heavy atom. The van der Waals surface area contributed by atoms with Crippen LogP contribution in [0.15, 0.2) is 12.2 Å². The molecule has 0 radical (unpaired) electrons. The maximum Gasteiger partial charge on any atom is 0.333 e. The van der Waals surface area contributed by atoms with Gasteiger partial charge in [0, 0.05) is 12.2 Å². The Morgan fingerprint density at radius 3 is 2.69 bits per heavy atom. The van der Waals surface area contributed by atoms with Gasteiger partial charge in [-0.15, -0.1) is 0 Å². The topological polar surface area (TPSA) is 35.5 Å². The summed E-state index contributed by atoms with van der Waals surface area (Å²) in [4.78, 5) is 11.1. The lowest BCUT2D eigenvalue weighted by Gasteiger charge is -2.05. The molecule has 13 heavy (non-hydrogen) atoms. The number of rotatable bonds is 7. The Hall–Kier alpha value is -0.613. The Bertz CT molecular complexity index is 168. The number of ether oxygens (including phenoxy) is 1. The zero-order chi connectivity index (χ0) is 10.1. The molecule has 0 fully saturated rings. The largest absolute Gasteiger partial charge is 0.462 e. The first-order chi connectivity index (χ1) is 6.22. The highest BCUT2D eigenvalue weighted by Crippen LogP contribution is 2.01. The van der Waals surface area contributed by atoms with E-state index in [4.69, 9.17) is 9.16 Å². The molecular formula is C9H18O3Si. The minimum Gasteiger partial charge on any atom is -0.462 e. The highest BCUT2D eigenvalue weighted by atomic mass is 28.2. The van der Waals surface area contributed by atoms with Crippen molar-refractivity contribution in [3.05, 3.63) is 12.2 Å². The highest BCUT2D eigenvalue weighted by Gasteiger charge is 2.07. The van der Waals surface area contributed by atoms with Crippen molar-refractivity contribution in [2.75, 3.05) is 13.2 Å². The summed E-state index contributed by atoms with van der Waals surface area (Å²) in [6, 6.07) is 0.691. The first-order valence-corrected chi connectivity index (χ1v) is 6.22. The second kappa shape index (κ2) is 8.01. The summed E-state index contributed by atoms with van der Waals surface area (Å²) < 4.78 is 10.1. The molecule has 0 aliphatic heterocycles. The molecule has 0 aromatic heterocycles. The van der Waals surface area contributed by atoms with Gasteiger partial charge >= 0.3 is 5.97 Å². The van der Waals surface area contributed by atoms with E-state index >= 15 is 0 Å². The monoisotopic (exact) mass is 202 g/mol. The van der Waals surface area contributed by atoms with Crippen LogP contribution in [0, 0.1) is 0 Å². The van der Waals surface area contributed by atoms with Crippen molar-refractivity contribution >= 4 is 15.7 Å². The molecule has 0 amide bonds. The van der Waals surface area contributed by atoms with Crippen LogP contribution in [0.1, 0.15) is 20.3 Å². The van der Waals surface area contributed by atoms with Gasteiger partial charge < -0.3 is 9.16 Å². The second-order valence-electron chi connectivity index (χ2n) is 2.69. The van der Waals surface area contributed by atoms with Crippen LogP contribution in [-0.2, 0) is 14.0 Å². The van der Waals surface area contributed by atoms with Crippen molar-refractivity contribution in [2.24, 2.45) is 0 Å². The number of carbonyl (C=O) groups excluding carboxylic acids is 1. The van der Waals surface area contributed by atoms with Gasteiger partial charge in [-0.3, -0.25) is 0 Å². The van der Waals surface area contributed by atoms with Crippen LogP contribution in [-0.4, -0.2) is 28.9 Å². The summed E-state index contributed by atoms with van der Waals surface area (Å²) in [6.45, 7) is 8.78. The first kappa shape index (κ1) is 12.4. The normalized spacial score (nSPS) is 10.6. The number of hydrogen-bond donors (Lipinski definition) is 0. The van der Waals surface area contributed by atoms with E-state index in [2.05, 4.69) is 6.58 Å². The molecule has 4 heteroatoms. The minimum atomic E-state index is -0.603. The lowest BCUT2D eigenvalue weighted by molar-refractivity contribution is -0.138. The smallest absolute Gasteiger partial charge is 0.333 e. The Balaban J connectivity index is 3.51. The lowest BCUT2D eigenvalue weighted by Crippen LogP contribution is -2.10. The van der Waals surface area contributed by atoms with Crippen LogP contribution >= 0.6 is 0 Å². The van der Waals surface area contributed by atoms with E-state index in [0.29, 0.717) is 18.2 Å². The molecule has 0 spiro atoms. The molecule has 0 aromatic rings. The van der Waals surface area contributed by atoms with Crippen LogP contribution < -0.4 is 0 Å². The van der Waals surface area contributed by atoms with Gasteiger partial charge in [-0.2, -0.15) is 0 Å². The predicted molar refractivity (Wildman–Crippen MR) is 55.4 cm³/mol. The van der Waals surface area contributed by atoms with E-state index in [9.17, 15) is 4.79 Å². The molecule has 0 aliphatic rings. The molecule has 0 N–H and O–H groups in total. The van der Waals surface area contributed by atoms with Gasteiger partial charge in [-0.05, 0) is 19.4 Å². The molecular weight excluding hydrogens is 184 g/mol. The first-order valence-electron chi connectivity index (χ1n) is 4.65. The van der Waals surface area contributed by atoms with Crippen LogP contribution in [0.2, 0.25) is 6.04 Å². The molecule has 0 saturated carbocycles. The van der Waals surface area contributed by atoms with Gasteiger partial charge in [0.1, 0.15) is 0 Å². The Labute approximate surface area is 82.1 Å². The zero-order valence-corrected chi connectivity index (χ0v) is 9.88. The van der Waals surface area contributed by atoms with Crippen molar-refractivity contribution in [1.29, 1.82) is 0 Å². The number of carbonyl (C=O) groups is 1. The predicted octanol–water partition coefficient (Wildman–Crippen LogP) is 1.03. The van der Waals surface area contributed by atoms with Gasteiger partial charge in [-0.1, -0.05) is 13.5 Å². The van der Waals surface area contributed by atoms with Gasteiger partial charge in [0.25, 0.3) is 0 Å². The Kier molecular flexibility index (Phi) is 7.63. The lowest BCUT2D eigenvalue weighted by atomic mass is 10.3. The van der Waals surface area contributed by atoms with Crippen molar-refractivity contribution in [3.8, 4) is 0 Å². The van der Waals surface area contributed by atoms with E-state index in [-0.39, 0.29) is 5.97 Å². The van der Waals surface area contributed by atoms with Crippen molar-refractivity contribution in [2.45, 2.75) is 26.3 Å². The summed E-state index contributed by atoms with van der Waals surface area (Å²) >= 11 is 0. The fourth-order valence-electron chi connectivity index (χ4n) is 0.739. The Morgan fingerprint density at radius 2 is 2.15 bits per heavy atom. The van der Waals surface area contributed by atoms with Crippen LogP contribution in [0.4, 0.5) is 0 Å². The molecule has 0 saturated heterocycles. The average Bonchev–Trinajstić information content (AvgIpc) is 2.14. The van der Waals surface area contributed by atoms with E-state index < -0.39 is 9.76 Å². The van der Waals surface area contributed by atoms with Crippen molar-refractivity contribution in [1.82, 2.24) is 0 Å². The van der Waals surface area contributed by atoms with Gasteiger partial charge in [-0.25, -0.2) is 4.79 Å². The fourth-order valence-corrected chi connectivity index (χ4v) is 1.62. The number of esters is 1. The standard InChI is InChI=1S/C9H18O3Si/c1-4-6-11-9(10)8(3)7-13-12-5-2/h3-7,13H2,1-2H3. The summed E-state index contributed by atoms with van der Waals surface area (Å²) in [6.07, 6.45) is 0.849. The molecule has 0 bridgehead atoms. The van der Waals surface area contributed by atoms with E-state index in [1.165, 1.54) is 0 Å². The molecule has 0 rings (SSSR count). The van der Waals surface area contributed by atoms with Crippen molar-refractivity contribution in [3.63, 3.8) is 0 Å². The van der Waals surface area contributed by atoms with E-state index in [1.54, 1.807) is 0 Å². The summed E-state index contributed by atoms with van der Waals surface area (Å²) in [7, 11) is -0.603. The summed E-state index contributed by atoms with van der Waals surface area (Å²) in [5, 5.41) is 0. The molecule has 3 nitrogen and oxygen atoms in total. The third-order valence-electron chi connectivity index (χ3n) is 1.48. The van der Waals surface area contributed by atoms with Crippen LogP contribution in [0.25, 0.3) is 0 Å². The SMILES string of the molecule is C=C(C[SiH2]OCC)C(=O)OCCC. The van der Waals surface area contributed by atoms with Gasteiger partial charge in [0.2, 0.25) is 0 Å². The fraction of sp³-hybridized carbons (Fsp3) is 0.667. The molecule has 0 aromatic carbocycles. The molecule has 0 atom stereocenters. The second-order valence-corrected chi connectivity index (χ2v) is 4.00. The highest BCUT2D eigenvalue weighted by molar-refractivity contribution is 6.30.